The van der Waals surface area contributed by atoms with Crippen molar-refractivity contribution in [1.29, 1.82) is 0 Å². The quantitative estimate of drug-likeness (QED) is 0.925. The van der Waals surface area contributed by atoms with Crippen LogP contribution in [0.1, 0.15) is 33.0 Å². The Morgan fingerprint density at radius 2 is 1.75 bits per heavy atom. The molecule has 6 nitrogen and oxygen atoms in total. The molecule has 3 rings (SSSR count). The zero-order valence-corrected chi connectivity index (χ0v) is 13.5. The van der Waals surface area contributed by atoms with Crippen LogP contribution >= 0.6 is 11.6 Å². The highest BCUT2D eigenvalue weighted by Crippen LogP contribution is 2.24. The average Bonchev–Trinajstić information content (AvgIpc) is 2.62. The van der Waals surface area contributed by atoms with E-state index < -0.39 is 5.91 Å². The number of carbonyl (C=O) groups is 2. The van der Waals surface area contributed by atoms with Gasteiger partial charge in [-0.05, 0) is 29.7 Å². The molecule has 7 heteroatoms. The normalized spacial score (nSPS) is 14.2. The van der Waals surface area contributed by atoms with Crippen molar-refractivity contribution in [2.24, 2.45) is 5.73 Å². The molecule has 0 aliphatic carbocycles. The van der Waals surface area contributed by atoms with E-state index in [9.17, 15) is 9.59 Å². The van der Waals surface area contributed by atoms with Crippen molar-refractivity contribution in [1.82, 2.24) is 14.9 Å². The second kappa shape index (κ2) is 6.80. The fourth-order valence-electron chi connectivity index (χ4n) is 2.60. The van der Waals surface area contributed by atoms with Gasteiger partial charge in [0, 0.05) is 30.5 Å². The first-order valence-corrected chi connectivity index (χ1v) is 7.79. The minimum Gasteiger partial charge on any atom is -0.364 e. The minimum atomic E-state index is -0.763. The molecule has 2 aromatic rings. The predicted octanol–water partition coefficient (Wildman–Crippen LogP) is 2.16. The lowest BCUT2D eigenvalue weighted by Crippen LogP contribution is -2.36. The largest absolute Gasteiger partial charge is 0.364 e. The highest BCUT2D eigenvalue weighted by Gasteiger charge is 2.25. The maximum atomic E-state index is 12.6. The number of rotatable bonds is 3. The monoisotopic (exact) mass is 342 g/mol. The van der Waals surface area contributed by atoms with Gasteiger partial charge in [-0.1, -0.05) is 29.8 Å². The third-order valence-corrected chi connectivity index (χ3v) is 4.10. The molecule has 0 spiro atoms. The number of primary amides is 1. The van der Waals surface area contributed by atoms with E-state index in [1.165, 1.54) is 12.4 Å². The fourth-order valence-corrected chi connectivity index (χ4v) is 2.73. The van der Waals surface area contributed by atoms with Gasteiger partial charge >= 0.3 is 0 Å². The van der Waals surface area contributed by atoms with Gasteiger partial charge in [-0.2, -0.15) is 0 Å². The molecule has 2 N–H and O–H groups in total. The number of benzene rings is 1. The van der Waals surface area contributed by atoms with Crippen molar-refractivity contribution in [2.75, 3.05) is 13.1 Å². The lowest BCUT2D eigenvalue weighted by atomic mass is 9.99. The number of nitrogens with zero attached hydrogens (tertiary/aromatic N) is 3. The number of nitrogens with two attached hydrogens (primary N) is 1. The zero-order valence-electron chi connectivity index (χ0n) is 12.8. The van der Waals surface area contributed by atoms with E-state index in [-0.39, 0.29) is 17.3 Å². The van der Waals surface area contributed by atoms with Crippen molar-refractivity contribution in [2.45, 2.75) is 6.42 Å². The van der Waals surface area contributed by atoms with Gasteiger partial charge in [0.05, 0.1) is 0 Å². The molecule has 0 bridgehead atoms. The van der Waals surface area contributed by atoms with E-state index in [0.717, 1.165) is 11.1 Å². The molecule has 0 fully saturated rings. The number of hydrogen-bond donors (Lipinski definition) is 1. The summed E-state index contributed by atoms with van der Waals surface area (Å²) in [6, 6.07) is 7.60. The molecule has 122 valence electrons. The first-order chi connectivity index (χ1) is 11.6. The summed E-state index contributed by atoms with van der Waals surface area (Å²) < 4.78 is 0. The Bertz CT molecular complexity index is 818. The minimum absolute atomic E-state index is 0.00616. The summed E-state index contributed by atoms with van der Waals surface area (Å²) in [7, 11) is 0. The number of aromatic nitrogens is 2. The van der Waals surface area contributed by atoms with Gasteiger partial charge < -0.3 is 10.6 Å². The van der Waals surface area contributed by atoms with Crippen LogP contribution in [-0.2, 0) is 0 Å². The van der Waals surface area contributed by atoms with Gasteiger partial charge in [0.25, 0.3) is 11.8 Å². The van der Waals surface area contributed by atoms with Crippen LogP contribution in [0, 0.1) is 0 Å². The number of halogens is 1. The molecule has 1 aliphatic rings. The van der Waals surface area contributed by atoms with Crippen LogP contribution in [0.4, 0.5) is 0 Å². The van der Waals surface area contributed by atoms with E-state index in [2.05, 4.69) is 9.97 Å². The van der Waals surface area contributed by atoms with Crippen LogP contribution in [0.5, 0.6) is 0 Å². The maximum Gasteiger partial charge on any atom is 0.275 e. The number of amides is 2. The maximum absolute atomic E-state index is 12.6. The summed E-state index contributed by atoms with van der Waals surface area (Å²) in [5, 5.41) is 0.689. The highest BCUT2D eigenvalue weighted by molar-refractivity contribution is 6.30. The van der Waals surface area contributed by atoms with E-state index in [0.29, 0.717) is 24.5 Å². The molecule has 0 unspecified atom stereocenters. The Morgan fingerprint density at radius 1 is 1.08 bits per heavy atom. The van der Waals surface area contributed by atoms with Gasteiger partial charge in [0.1, 0.15) is 0 Å². The first-order valence-electron chi connectivity index (χ1n) is 7.41. The standard InChI is InChI=1S/C17H15ClN4O2/c18-13-3-1-11(2-4-13)12-5-9-22(10-6-12)17(24)15-14(16(19)23)20-7-8-21-15/h1-5,7-8H,6,9-10H2,(H2,19,23). The van der Waals surface area contributed by atoms with E-state index >= 15 is 0 Å². The summed E-state index contributed by atoms with van der Waals surface area (Å²) in [5.74, 6) is -1.11. The van der Waals surface area contributed by atoms with Gasteiger partial charge in [-0.15, -0.1) is 0 Å². The topological polar surface area (TPSA) is 89.2 Å². The molecule has 0 saturated carbocycles. The van der Waals surface area contributed by atoms with Crippen LogP contribution < -0.4 is 5.73 Å². The van der Waals surface area contributed by atoms with Crippen molar-refractivity contribution < 1.29 is 9.59 Å². The smallest absolute Gasteiger partial charge is 0.275 e. The second-order valence-electron chi connectivity index (χ2n) is 5.36. The Hall–Kier alpha value is -2.73. The Morgan fingerprint density at radius 3 is 2.33 bits per heavy atom. The molecule has 1 aromatic heterocycles. The Balaban J connectivity index is 1.78. The van der Waals surface area contributed by atoms with Crippen molar-refractivity contribution in [3.05, 3.63) is 64.7 Å². The van der Waals surface area contributed by atoms with Crippen molar-refractivity contribution in [3.8, 4) is 0 Å². The lowest BCUT2D eigenvalue weighted by molar-refractivity contribution is 0.0760. The van der Waals surface area contributed by atoms with Crippen LogP contribution in [0.3, 0.4) is 0 Å². The van der Waals surface area contributed by atoms with Gasteiger partial charge in [0.15, 0.2) is 11.4 Å². The SMILES string of the molecule is NC(=O)c1nccnc1C(=O)N1CC=C(c2ccc(Cl)cc2)CC1. The molecular formula is C17H15ClN4O2. The second-order valence-corrected chi connectivity index (χ2v) is 5.79. The first kappa shape index (κ1) is 16.1. The average molecular weight is 343 g/mol. The Labute approximate surface area is 144 Å². The highest BCUT2D eigenvalue weighted by atomic mass is 35.5. The molecular weight excluding hydrogens is 328 g/mol. The molecule has 24 heavy (non-hydrogen) atoms. The molecule has 0 radical (unpaired) electrons. The van der Waals surface area contributed by atoms with E-state index in [4.69, 9.17) is 17.3 Å². The van der Waals surface area contributed by atoms with Crippen LogP contribution in [-0.4, -0.2) is 39.8 Å². The summed E-state index contributed by atoms with van der Waals surface area (Å²) in [6.07, 6.45) is 5.41. The van der Waals surface area contributed by atoms with Gasteiger partial charge in [-0.3, -0.25) is 9.59 Å². The molecule has 2 heterocycles. The predicted molar refractivity (Wildman–Crippen MR) is 90.5 cm³/mol. The number of hydrogen-bond acceptors (Lipinski definition) is 4. The molecule has 1 aromatic carbocycles. The van der Waals surface area contributed by atoms with E-state index in [1.54, 1.807) is 4.90 Å². The molecule has 0 saturated heterocycles. The summed E-state index contributed by atoms with van der Waals surface area (Å²) in [6.45, 7) is 0.966. The number of carbonyl (C=O) groups excluding carboxylic acids is 2. The molecule has 2 amide bonds. The van der Waals surface area contributed by atoms with Gasteiger partial charge in [-0.25, -0.2) is 9.97 Å². The lowest BCUT2D eigenvalue weighted by Gasteiger charge is -2.26. The molecule has 1 aliphatic heterocycles. The summed E-state index contributed by atoms with van der Waals surface area (Å²) in [4.78, 5) is 33.4. The fraction of sp³-hybridized carbons (Fsp3) is 0.176. The van der Waals surface area contributed by atoms with Crippen molar-refractivity contribution in [3.63, 3.8) is 0 Å². The van der Waals surface area contributed by atoms with Gasteiger partial charge in [0.2, 0.25) is 0 Å². The summed E-state index contributed by atoms with van der Waals surface area (Å²) >= 11 is 5.90. The third-order valence-electron chi connectivity index (χ3n) is 3.85. The zero-order chi connectivity index (χ0) is 17.1. The third kappa shape index (κ3) is 3.28. The van der Waals surface area contributed by atoms with E-state index in [1.807, 2.05) is 30.3 Å². The van der Waals surface area contributed by atoms with Crippen LogP contribution in [0.2, 0.25) is 5.02 Å². The Kier molecular flexibility index (Phi) is 4.57. The van der Waals surface area contributed by atoms with Crippen LogP contribution in [0.25, 0.3) is 5.57 Å². The molecule has 0 atom stereocenters. The van der Waals surface area contributed by atoms with Crippen LogP contribution in [0.15, 0.2) is 42.7 Å². The van der Waals surface area contributed by atoms with Crippen molar-refractivity contribution >= 4 is 29.0 Å². The summed E-state index contributed by atoms with van der Waals surface area (Å²) in [5.41, 5.74) is 7.39.